The van der Waals surface area contributed by atoms with Crippen LogP contribution in [0.1, 0.15) is 12.8 Å². The van der Waals surface area contributed by atoms with Gasteiger partial charge in [-0.25, -0.2) is 0 Å². The normalized spacial score (nSPS) is 36.2. The summed E-state index contributed by atoms with van der Waals surface area (Å²) >= 11 is 5.11. The molecule has 0 bridgehead atoms. The zero-order valence-corrected chi connectivity index (χ0v) is 7.24. The molecule has 0 aromatic rings. The average molecular weight is 211 g/mol. The first-order valence-corrected chi connectivity index (χ1v) is 4.29. The standard InChI is InChI=1S/C8H6ClF3O/c9-7(8(10,11)12)6-4-1-3(4)2-5(6)13/h3-4H,1-2H2/b7-6-. The highest BCUT2D eigenvalue weighted by Gasteiger charge is 2.53. The summed E-state index contributed by atoms with van der Waals surface area (Å²) in [6, 6.07) is 0. The molecular weight excluding hydrogens is 205 g/mol. The van der Waals surface area contributed by atoms with Crippen LogP contribution in [0.4, 0.5) is 13.2 Å². The van der Waals surface area contributed by atoms with E-state index in [9.17, 15) is 18.0 Å². The number of carbonyl (C=O) groups is 1. The van der Waals surface area contributed by atoms with Crippen molar-refractivity contribution in [2.75, 3.05) is 0 Å². The Balaban J connectivity index is 2.37. The Morgan fingerprint density at radius 1 is 1.46 bits per heavy atom. The Bertz CT molecular complexity index is 305. The van der Waals surface area contributed by atoms with E-state index in [0.717, 1.165) is 0 Å². The highest BCUT2D eigenvalue weighted by Crippen LogP contribution is 2.56. The fraction of sp³-hybridized carbons (Fsp3) is 0.625. The van der Waals surface area contributed by atoms with Crippen LogP contribution in [0.25, 0.3) is 0 Å². The lowest BCUT2D eigenvalue weighted by Crippen LogP contribution is -2.13. The Morgan fingerprint density at radius 2 is 2.08 bits per heavy atom. The monoisotopic (exact) mass is 210 g/mol. The molecule has 2 rings (SSSR count). The predicted octanol–water partition coefficient (Wildman–Crippen LogP) is 2.65. The van der Waals surface area contributed by atoms with Gasteiger partial charge in [0.05, 0.1) is 0 Å². The molecule has 2 fully saturated rings. The van der Waals surface area contributed by atoms with E-state index < -0.39 is 17.0 Å². The van der Waals surface area contributed by atoms with Gasteiger partial charge < -0.3 is 0 Å². The van der Waals surface area contributed by atoms with E-state index in [-0.39, 0.29) is 23.8 Å². The molecule has 0 aromatic heterocycles. The minimum Gasteiger partial charge on any atom is -0.294 e. The van der Waals surface area contributed by atoms with Gasteiger partial charge in [0.2, 0.25) is 0 Å². The van der Waals surface area contributed by atoms with Gasteiger partial charge >= 0.3 is 6.18 Å². The van der Waals surface area contributed by atoms with Crippen LogP contribution in [0.3, 0.4) is 0 Å². The molecule has 0 aliphatic heterocycles. The predicted molar refractivity (Wildman–Crippen MR) is 40.2 cm³/mol. The van der Waals surface area contributed by atoms with Crippen LogP contribution in [0.2, 0.25) is 0 Å². The van der Waals surface area contributed by atoms with Crippen LogP contribution < -0.4 is 0 Å². The van der Waals surface area contributed by atoms with Gasteiger partial charge in [0.25, 0.3) is 0 Å². The minimum atomic E-state index is -4.57. The zero-order valence-electron chi connectivity index (χ0n) is 6.49. The lowest BCUT2D eigenvalue weighted by atomic mass is 10.1. The molecular formula is C8H6ClF3O. The highest BCUT2D eigenvalue weighted by molar-refractivity contribution is 6.33. The van der Waals surface area contributed by atoms with Crippen molar-refractivity contribution in [3.63, 3.8) is 0 Å². The first kappa shape index (κ1) is 9.06. The van der Waals surface area contributed by atoms with E-state index in [1.54, 1.807) is 0 Å². The summed E-state index contributed by atoms with van der Waals surface area (Å²) < 4.78 is 36.4. The van der Waals surface area contributed by atoms with E-state index in [0.29, 0.717) is 6.42 Å². The molecule has 2 unspecified atom stereocenters. The number of alkyl halides is 3. The maximum absolute atomic E-state index is 12.1. The average Bonchev–Trinajstić information content (AvgIpc) is 2.61. The second-order valence-corrected chi connectivity index (χ2v) is 3.83. The quantitative estimate of drug-likeness (QED) is 0.562. The smallest absolute Gasteiger partial charge is 0.294 e. The molecule has 0 N–H and O–H groups in total. The van der Waals surface area contributed by atoms with Crippen LogP contribution in [0, 0.1) is 11.8 Å². The molecule has 0 spiro atoms. The van der Waals surface area contributed by atoms with Crippen LogP contribution >= 0.6 is 11.6 Å². The largest absolute Gasteiger partial charge is 0.427 e. The minimum absolute atomic E-state index is 0.138. The lowest BCUT2D eigenvalue weighted by Gasteiger charge is -2.08. The van der Waals surface area contributed by atoms with Gasteiger partial charge in [-0.15, -0.1) is 0 Å². The summed E-state index contributed by atoms with van der Waals surface area (Å²) in [5, 5.41) is -1.21. The number of hydrogen-bond donors (Lipinski definition) is 0. The van der Waals surface area contributed by atoms with Crippen LogP contribution in [0.15, 0.2) is 10.6 Å². The fourth-order valence-corrected chi connectivity index (χ4v) is 2.07. The zero-order chi connectivity index (χ0) is 9.80. The number of fused-ring (bicyclic) bond motifs is 1. The molecule has 72 valence electrons. The molecule has 0 saturated heterocycles. The highest BCUT2D eigenvalue weighted by atomic mass is 35.5. The van der Waals surface area contributed by atoms with Crippen molar-refractivity contribution in [3.05, 3.63) is 10.6 Å². The Labute approximate surface area is 77.6 Å². The van der Waals surface area contributed by atoms with Crippen molar-refractivity contribution >= 4 is 17.4 Å². The molecule has 5 heteroatoms. The SMILES string of the molecule is O=C1CC2CC2/C1=C(/Cl)C(F)(F)F. The topological polar surface area (TPSA) is 17.1 Å². The van der Waals surface area contributed by atoms with E-state index in [1.165, 1.54) is 0 Å². The van der Waals surface area contributed by atoms with Crippen LogP contribution in [-0.4, -0.2) is 12.0 Å². The number of halogens is 4. The number of Topliss-reactive ketones (excluding diaryl/α,β-unsaturated/α-hetero) is 1. The molecule has 0 amide bonds. The van der Waals surface area contributed by atoms with Crippen molar-refractivity contribution in [2.24, 2.45) is 11.8 Å². The van der Waals surface area contributed by atoms with E-state index in [2.05, 4.69) is 0 Å². The molecule has 13 heavy (non-hydrogen) atoms. The number of rotatable bonds is 0. The van der Waals surface area contributed by atoms with Crippen molar-refractivity contribution in [3.8, 4) is 0 Å². The summed E-state index contributed by atoms with van der Waals surface area (Å²) in [4.78, 5) is 11.1. The molecule has 0 heterocycles. The van der Waals surface area contributed by atoms with Crippen LogP contribution in [0.5, 0.6) is 0 Å². The van der Waals surface area contributed by atoms with E-state index in [4.69, 9.17) is 11.6 Å². The molecule has 2 atom stereocenters. The molecule has 0 radical (unpaired) electrons. The van der Waals surface area contributed by atoms with Crippen molar-refractivity contribution in [1.82, 2.24) is 0 Å². The molecule has 2 aliphatic rings. The Morgan fingerprint density at radius 3 is 2.46 bits per heavy atom. The summed E-state index contributed by atoms with van der Waals surface area (Å²) in [6.45, 7) is 0. The number of carbonyl (C=O) groups excluding carboxylic acids is 1. The molecule has 2 saturated carbocycles. The Kier molecular flexibility index (Phi) is 1.74. The van der Waals surface area contributed by atoms with Crippen LogP contribution in [-0.2, 0) is 4.79 Å². The summed E-state index contributed by atoms with van der Waals surface area (Å²) in [6.07, 6.45) is -3.64. The maximum atomic E-state index is 12.1. The third kappa shape index (κ3) is 1.37. The van der Waals surface area contributed by atoms with Crippen molar-refractivity contribution < 1.29 is 18.0 Å². The first-order chi connectivity index (χ1) is 5.91. The molecule has 0 aromatic carbocycles. The first-order valence-electron chi connectivity index (χ1n) is 3.91. The van der Waals surface area contributed by atoms with Gasteiger partial charge in [0, 0.05) is 12.0 Å². The van der Waals surface area contributed by atoms with Gasteiger partial charge in [-0.2, -0.15) is 13.2 Å². The summed E-state index contributed by atoms with van der Waals surface area (Å²) in [5.74, 6) is -0.496. The lowest BCUT2D eigenvalue weighted by molar-refractivity contribution is -0.116. The maximum Gasteiger partial charge on any atom is 0.427 e. The van der Waals surface area contributed by atoms with Gasteiger partial charge in [0.15, 0.2) is 5.78 Å². The second-order valence-electron chi connectivity index (χ2n) is 3.45. The number of ketones is 1. The van der Waals surface area contributed by atoms with Crippen molar-refractivity contribution in [2.45, 2.75) is 19.0 Å². The number of allylic oxidation sites excluding steroid dienone is 2. The third-order valence-electron chi connectivity index (χ3n) is 2.53. The molecule has 2 aliphatic carbocycles. The summed E-state index contributed by atoms with van der Waals surface area (Å²) in [7, 11) is 0. The fourth-order valence-electron chi connectivity index (χ4n) is 1.82. The third-order valence-corrected chi connectivity index (χ3v) is 2.94. The van der Waals surface area contributed by atoms with Gasteiger partial charge in [-0.1, -0.05) is 11.6 Å². The Hall–Kier alpha value is -0.510. The number of hydrogen-bond acceptors (Lipinski definition) is 1. The molecule has 1 nitrogen and oxygen atoms in total. The van der Waals surface area contributed by atoms with E-state index >= 15 is 0 Å². The second kappa shape index (κ2) is 2.50. The summed E-state index contributed by atoms with van der Waals surface area (Å²) in [5.41, 5.74) is -0.181. The van der Waals surface area contributed by atoms with E-state index in [1.807, 2.05) is 0 Å². The van der Waals surface area contributed by atoms with Gasteiger partial charge in [-0.3, -0.25) is 4.79 Å². The van der Waals surface area contributed by atoms with Gasteiger partial charge in [0.1, 0.15) is 5.03 Å². The van der Waals surface area contributed by atoms with Gasteiger partial charge in [-0.05, 0) is 18.3 Å². The van der Waals surface area contributed by atoms with Crippen molar-refractivity contribution in [1.29, 1.82) is 0 Å².